The Hall–Kier alpha value is -3.08. The maximum absolute atomic E-state index is 12.9. The number of thiophene rings is 1. The van der Waals surface area contributed by atoms with Crippen molar-refractivity contribution in [3.8, 4) is 11.1 Å². The number of aromatic nitrogens is 4. The quantitative estimate of drug-likeness (QED) is 0.145. The number of thiocarbonyl (C=S) groups is 1. The van der Waals surface area contributed by atoms with Crippen molar-refractivity contribution in [1.29, 1.82) is 0 Å². The highest BCUT2D eigenvalue weighted by atomic mass is 32.2. The van der Waals surface area contributed by atoms with Gasteiger partial charge < -0.3 is 5.73 Å². The van der Waals surface area contributed by atoms with Crippen LogP contribution in [0.4, 0.5) is 5.69 Å². The van der Waals surface area contributed by atoms with Gasteiger partial charge in [0, 0.05) is 28.9 Å². The Morgan fingerprint density at radius 3 is 2.88 bits per heavy atom. The van der Waals surface area contributed by atoms with Crippen LogP contribution in [0, 0.1) is 0 Å². The molecular weight excluding hydrogens is 485 g/mol. The van der Waals surface area contributed by atoms with E-state index in [1.54, 1.807) is 16.2 Å². The summed E-state index contributed by atoms with van der Waals surface area (Å²) < 4.78 is 0.621. The minimum Gasteiger partial charge on any atom is -0.398 e. The molecule has 1 aliphatic rings. The number of nitrogens with two attached hydrogens (primary N) is 1. The van der Waals surface area contributed by atoms with Crippen LogP contribution >= 0.6 is 35.3 Å². The number of rotatable bonds is 8. The fourth-order valence-corrected chi connectivity index (χ4v) is 6.12. The fraction of sp³-hybridized carbons (Fsp3) is 0.208. The zero-order valence-corrected chi connectivity index (χ0v) is 20.7. The fourth-order valence-electron chi connectivity index (χ4n) is 3.90. The van der Waals surface area contributed by atoms with E-state index in [4.69, 9.17) is 18.0 Å². The van der Waals surface area contributed by atoms with Crippen molar-refractivity contribution in [2.24, 2.45) is 0 Å². The van der Waals surface area contributed by atoms with Gasteiger partial charge in [-0.1, -0.05) is 59.9 Å². The lowest BCUT2D eigenvalue weighted by atomic mass is 10.0. The summed E-state index contributed by atoms with van der Waals surface area (Å²) in [5.41, 5.74) is 9.15. The van der Waals surface area contributed by atoms with Crippen molar-refractivity contribution in [2.45, 2.75) is 25.7 Å². The number of carbonyl (C=O) groups is 1. The van der Waals surface area contributed by atoms with E-state index in [1.165, 1.54) is 11.8 Å². The molecule has 0 aliphatic carbocycles. The number of hydrogen-bond acceptors (Lipinski definition) is 8. The van der Waals surface area contributed by atoms with Gasteiger partial charge >= 0.3 is 0 Å². The molecule has 1 fully saturated rings. The van der Waals surface area contributed by atoms with Gasteiger partial charge in [0.15, 0.2) is 5.82 Å². The smallest absolute Gasteiger partial charge is 0.266 e. The van der Waals surface area contributed by atoms with Gasteiger partial charge in [0.25, 0.3) is 5.91 Å². The van der Waals surface area contributed by atoms with E-state index < -0.39 is 0 Å². The molecule has 172 valence electrons. The predicted molar refractivity (Wildman–Crippen MR) is 143 cm³/mol. The normalized spacial score (nSPS) is 15.2. The van der Waals surface area contributed by atoms with Gasteiger partial charge in [-0.25, -0.2) is 0 Å². The molecule has 1 saturated heterocycles. The Balaban J connectivity index is 1.22. The van der Waals surface area contributed by atoms with E-state index in [9.17, 15) is 4.79 Å². The van der Waals surface area contributed by atoms with E-state index in [2.05, 4.69) is 56.3 Å². The first-order valence-electron chi connectivity index (χ1n) is 10.9. The number of anilines is 1. The van der Waals surface area contributed by atoms with Crippen molar-refractivity contribution >= 4 is 68.1 Å². The van der Waals surface area contributed by atoms with Crippen LogP contribution in [-0.2, 0) is 11.2 Å². The monoisotopic (exact) mass is 506 g/mol. The van der Waals surface area contributed by atoms with Crippen LogP contribution in [-0.4, -0.2) is 42.3 Å². The summed E-state index contributed by atoms with van der Waals surface area (Å²) in [5.74, 6) is 0.706. The van der Waals surface area contributed by atoms with Crippen LogP contribution in [0.3, 0.4) is 0 Å². The number of carbonyl (C=O) groups excluding carboxylic acids is 1. The van der Waals surface area contributed by atoms with Crippen molar-refractivity contribution in [3.63, 3.8) is 0 Å². The number of aromatic amines is 1. The first-order valence-corrected chi connectivity index (χ1v) is 13.0. The number of nitrogens with zero attached hydrogens (tertiary/aromatic N) is 4. The molecule has 2 aromatic heterocycles. The molecular formula is C24H22N6OS3. The number of hydrogen-bond donors (Lipinski definition) is 2. The minimum atomic E-state index is -0.0124. The Morgan fingerprint density at radius 2 is 2.03 bits per heavy atom. The topological polar surface area (TPSA) is 101 Å². The van der Waals surface area contributed by atoms with Gasteiger partial charge in [0.2, 0.25) is 0 Å². The number of tetrazole rings is 1. The minimum absolute atomic E-state index is 0.0124. The Labute approximate surface area is 210 Å². The van der Waals surface area contributed by atoms with E-state index in [0.717, 1.165) is 64.0 Å². The zero-order valence-electron chi connectivity index (χ0n) is 18.2. The third-order valence-electron chi connectivity index (χ3n) is 5.69. The van der Waals surface area contributed by atoms with Gasteiger partial charge in [-0.2, -0.15) is 5.21 Å². The zero-order chi connectivity index (χ0) is 23.5. The number of thioether (sulfide) groups is 1. The lowest BCUT2D eigenvalue weighted by Gasteiger charge is -2.13. The highest BCUT2D eigenvalue weighted by Gasteiger charge is 2.31. The molecule has 3 N–H and O–H groups in total. The highest BCUT2D eigenvalue weighted by molar-refractivity contribution is 8.26. The van der Waals surface area contributed by atoms with Crippen molar-refractivity contribution in [1.82, 2.24) is 25.5 Å². The predicted octanol–water partition coefficient (Wildman–Crippen LogP) is 5.28. The molecule has 10 heteroatoms. The highest BCUT2D eigenvalue weighted by Crippen LogP contribution is 2.36. The Kier molecular flexibility index (Phi) is 6.70. The molecule has 34 heavy (non-hydrogen) atoms. The van der Waals surface area contributed by atoms with E-state index in [1.807, 2.05) is 18.2 Å². The molecule has 0 spiro atoms. The van der Waals surface area contributed by atoms with Crippen LogP contribution in [0.5, 0.6) is 0 Å². The summed E-state index contributed by atoms with van der Waals surface area (Å²) in [4.78, 5) is 16.3. The summed E-state index contributed by atoms with van der Waals surface area (Å²) in [6, 6.07) is 14.4. The first kappa shape index (κ1) is 22.7. The van der Waals surface area contributed by atoms with E-state index in [-0.39, 0.29) is 5.91 Å². The third-order valence-corrected chi connectivity index (χ3v) is 7.94. The largest absolute Gasteiger partial charge is 0.398 e. The Bertz CT molecular complexity index is 1380. The molecule has 0 radical (unpaired) electrons. The van der Waals surface area contributed by atoms with Crippen molar-refractivity contribution in [2.75, 3.05) is 12.3 Å². The van der Waals surface area contributed by atoms with Crippen molar-refractivity contribution < 1.29 is 4.79 Å². The summed E-state index contributed by atoms with van der Waals surface area (Å²) in [7, 11) is 0. The molecule has 0 atom stereocenters. The molecule has 7 nitrogen and oxygen atoms in total. The van der Waals surface area contributed by atoms with Crippen LogP contribution in [0.15, 0.2) is 52.7 Å². The second-order valence-corrected chi connectivity index (χ2v) is 10.6. The van der Waals surface area contributed by atoms with Crippen molar-refractivity contribution in [3.05, 3.63) is 63.5 Å². The average Bonchev–Trinajstić information content (AvgIpc) is 3.57. The molecule has 3 heterocycles. The number of unbranched alkanes of at least 4 members (excludes halogenated alkanes) is 2. The van der Waals surface area contributed by atoms with E-state index in [0.29, 0.717) is 15.8 Å². The first-order chi connectivity index (χ1) is 16.6. The maximum Gasteiger partial charge on any atom is 0.266 e. The molecule has 4 aromatic rings. The molecule has 0 unspecified atom stereocenters. The summed E-state index contributed by atoms with van der Waals surface area (Å²) in [6.07, 6.45) is 5.52. The van der Waals surface area contributed by atoms with Crippen LogP contribution in [0.1, 0.15) is 30.0 Å². The van der Waals surface area contributed by atoms with Crippen LogP contribution in [0.25, 0.3) is 28.0 Å². The molecule has 2 aromatic carbocycles. The molecule has 5 rings (SSSR count). The van der Waals surface area contributed by atoms with Gasteiger partial charge in [-0.05, 0) is 59.0 Å². The molecule has 1 aliphatic heterocycles. The number of H-pyrrole nitrogens is 1. The average molecular weight is 507 g/mol. The Morgan fingerprint density at radius 1 is 1.12 bits per heavy atom. The second kappa shape index (κ2) is 10.0. The lowest BCUT2D eigenvalue weighted by molar-refractivity contribution is -0.122. The number of aryl methyl sites for hydroxylation is 1. The third kappa shape index (κ3) is 4.89. The lowest BCUT2D eigenvalue weighted by Crippen LogP contribution is -2.29. The van der Waals surface area contributed by atoms with Gasteiger partial charge in [0.05, 0.1) is 4.91 Å². The summed E-state index contributed by atoms with van der Waals surface area (Å²) in [5, 5.41) is 18.2. The van der Waals surface area contributed by atoms with Crippen LogP contribution < -0.4 is 5.73 Å². The maximum atomic E-state index is 12.9. The molecule has 0 bridgehead atoms. The van der Waals surface area contributed by atoms with Gasteiger partial charge in [-0.3, -0.25) is 9.69 Å². The number of nitrogens with one attached hydrogen (secondary N) is 1. The number of fused-ring (bicyclic) bond motifs is 1. The van der Waals surface area contributed by atoms with Gasteiger partial charge in [-0.15, -0.1) is 21.5 Å². The summed E-state index contributed by atoms with van der Waals surface area (Å²) >= 11 is 8.47. The molecule has 0 saturated carbocycles. The number of amides is 1. The SMILES string of the molecule is Nc1cccc2ccc(-c3csc(/C=C4\SC(=S)N(CCCCCc5nn[nH]n5)C4=O)c3)cc12. The van der Waals surface area contributed by atoms with Gasteiger partial charge in [0.1, 0.15) is 4.32 Å². The number of nitrogen functional groups attached to an aromatic ring is 1. The standard InChI is InChI=1S/C24H22N6OS3/c25-20-6-4-5-15-8-9-16(12-19(15)20)17-11-18(33-14-17)13-21-23(31)30(24(32)34-21)10-3-1-2-7-22-26-28-29-27-22/h4-6,8-9,11-14H,1-3,7,10,25H2,(H,26,27,28,29)/b21-13-. The van der Waals surface area contributed by atoms with E-state index >= 15 is 0 Å². The second-order valence-electron chi connectivity index (χ2n) is 7.99. The van der Waals surface area contributed by atoms with Crippen LogP contribution in [0.2, 0.25) is 0 Å². The number of benzene rings is 2. The summed E-state index contributed by atoms with van der Waals surface area (Å²) in [6.45, 7) is 0.627. The molecule has 1 amide bonds.